The van der Waals surface area contributed by atoms with E-state index >= 15 is 0 Å². The lowest BCUT2D eigenvalue weighted by atomic mass is 10.2. The molecule has 0 saturated heterocycles. The highest BCUT2D eigenvalue weighted by molar-refractivity contribution is 6.30. The topological polar surface area (TPSA) is 94.7 Å². The molecule has 0 fully saturated rings. The number of nitrogens with zero attached hydrogens (tertiary/aromatic N) is 6. The molecule has 0 radical (unpaired) electrons. The number of halogens is 3. The first-order valence-electron chi connectivity index (χ1n) is 10.9. The molecule has 0 unspecified atom stereocenters. The Morgan fingerprint density at radius 3 is 2.47 bits per heavy atom. The number of imidazole rings is 1. The monoisotopic (exact) mass is 510 g/mol. The van der Waals surface area contributed by atoms with E-state index < -0.39 is 6.43 Å². The molecule has 0 aliphatic carbocycles. The summed E-state index contributed by atoms with van der Waals surface area (Å²) in [5.41, 5.74) is 3.17. The summed E-state index contributed by atoms with van der Waals surface area (Å²) in [4.78, 5) is 12.7. The predicted octanol–water partition coefficient (Wildman–Crippen LogP) is 5.84. The van der Waals surface area contributed by atoms with Crippen molar-refractivity contribution >= 4 is 40.1 Å². The van der Waals surface area contributed by atoms with Crippen LogP contribution in [-0.4, -0.2) is 29.3 Å². The molecule has 0 aliphatic heterocycles. The van der Waals surface area contributed by atoms with Crippen molar-refractivity contribution in [3.8, 4) is 11.8 Å². The molecule has 9 nitrogen and oxygen atoms in total. The largest absolute Gasteiger partial charge is 0.424 e. The second kappa shape index (κ2) is 9.78. The van der Waals surface area contributed by atoms with Crippen molar-refractivity contribution < 1.29 is 13.5 Å². The Morgan fingerprint density at radius 2 is 1.78 bits per heavy atom. The van der Waals surface area contributed by atoms with Crippen LogP contribution < -0.4 is 15.4 Å². The van der Waals surface area contributed by atoms with Crippen LogP contribution in [0.5, 0.6) is 11.8 Å². The van der Waals surface area contributed by atoms with Crippen molar-refractivity contribution in [2.45, 2.75) is 13.0 Å². The standard InChI is InChI=1S/C24H21ClF2N8O/c1-34-20-9-16(31-21-10-19(22(26)27)33-35(21)2)5-8-18(20)32-23(34)28-11-14-3-6-17(7-4-14)36-24-29-12-15(25)13-30-24/h3-10,12-13,22,31H,11H2,1-2H3,(H,28,32). The van der Waals surface area contributed by atoms with Crippen molar-refractivity contribution in [1.82, 2.24) is 29.3 Å². The lowest BCUT2D eigenvalue weighted by molar-refractivity contribution is 0.145. The van der Waals surface area contributed by atoms with E-state index in [1.54, 1.807) is 7.05 Å². The quantitative estimate of drug-likeness (QED) is 0.271. The molecule has 0 aliphatic rings. The first-order valence-corrected chi connectivity index (χ1v) is 11.3. The summed E-state index contributed by atoms with van der Waals surface area (Å²) in [5.74, 6) is 1.77. The molecular weight excluding hydrogens is 490 g/mol. The summed E-state index contributed by atoms with van der Waals surface area (Å²) < 4.78 is 34.8. The lowest BCUT2D eigenvalue weighted by Gasteiger charge is -2.08. The van der Waals surface area contributed by atoms with Gasteiger partial charge in [-0.05, 0) is 35.9 Å². The van der Waals surface area contributed by atoms with Crippen LogP contribution in [-0.2, 0) is 20.6 Å². The van der Waals surface area contributed by atoms with Crippen molar-refractivity contribution in [2.24, 2.45) is 14.1 Å². The van der Waals surface area contributed by atoms with Crippen LogP contribution in [0.15, 0.2) is 60.9 Å². The molecule has 3 aromatic heterocycles. The summed E-state index contributed by atoms with van der Waals surface area (Å²) in [6.07, 6.45) is 0.321. The average Bonchev–Trinajstić information content (AvgIpc) is 3.39. The number of anilines is 3. The van der Waals surface area contributed by atoms with Crippen LogP contribution in [0.1, 0.15) is 17.7 Å². The van der Waals surface area contributed by atoms with Gasteiger partial charge in [-0.2, -0.15) is 5.10 Å². The Morgan fingerprint density at radius 1 is 1.03 bits per heavy atom. The van der Waals surface area contributed by atoms with Gasteiger partial charge in [0, 0.05) is 32.4 Å². The summed E-state index contributed by atoms with van der Waals surface area (Å²) in [6, 6.07) is 14.7. The molecule has 3 heterocycles. The number of aryl methyl sites for hydroxylation is 2. The average molecular weight is 511 g/mol. The SMILES string of the molecule is Cn1nc(C(F)F)cc1Nc1ccc2nc(NCc3ccc(Oc4ncc(Cl)cn4)cc3)n(C)c2c1. The van der Waals surface area contributed by atoms with E-state index in [4.69, 9.17) is 16.3 Å². The van der Waals surface area contributed by atoms with Crippen LogP contribution >= 0.6 is 11.6 Å². The molecule has 5 aromatic rings. The molecule has 0 saturated carbocycles. The molecule has 0 spiro atoms. The molecule has 0 atom stereocenters. The number of benzene rings is 2. The second-order valence-corrected chi connectivity index (χ2v) is 8.42. The number of hydrogen-bond acceptors (Lipinski definition) is 7. The fourth-order valence-electron chi connectivity index (χ4n) is 3.60. The fraction of sp³-hybridized carbons (Fsp3) is 0.167. The maximum atomic E-state index is 12.9. The normalized spacial score (nSPS) is 11.3. The summed E-state index contributed by atoms with van der Waals surface area (Å²) in [5, 5.41) is 10.7. The second-order valence-electron chi connectivity index (χ2n) is 7.99. The summed E-state index contributed by atoms with van der Waals surface area (Å²) in [7, 11) is 3.52. The van der Waals surface area contributed by atoms with E-state index in [9.17, 15) is 8.78 Å². The maximum absolute atomic E-state index is 12.9. The minimum atomic E-state index is -2.62. The third-order valence-corrected chi connectivity index (χ3v) is 5.65. The van der Waals surface area contributed by atoms with Crippen LogP contribution in [0.3, 0.4) is 0 Å². The Kier molecular flexibility index (Phi) is 6.38. The van der Waals surface area contributed by atoms with E-state index in [-0.39, 0.29) is 11.7 Å². The van der Waals surface area contributed by atoms with Crippen LogP contribution in [0, 0.1) is 0 Å². The minimum Gasteiger partial charge on any atom is -0.424 e. The fourth-order valence-corrected chi connectivity index (χ4v) is 3.70. The van der Waals surface area contributed by atoms with E-state index in [1.807, 2.05) is 54.1 Å². The Hall–Kier alpha value is -4.25. The van der Waals surface area contributed by atoms with Gasteiger partial charge in [0.05, 0.1) is 28.4 Å². The van der Waals surface area contributed by atoms with E-state index in [1.165, 1.54) is 23.1 Å². The third-order valence-electron chi connectivity index (χ3n) is 5.46. The maximum Gasteiger partial charge on any atom is 0.321 e. The van der Waals surface area contributed by atoms with E-state index in [2.05, 4.69) is 30.7 Å². The number of rotatable bonds is 8. The number of fused-ring (bicyclic) bond motifs is 1. The highest BCUT2D eigenvalue weighted by Crippen LogP contribution is 2.27. The highest BCUT2D eigenvalue weighted by atomic mass is 35.5. The minimum absolute atomic E-state index is 0.219. The molecule has 5 rings (SSSR count). The highest BCUT2D eigenvalue weighted by Gasteiger charge is 2.15. The van der Waals surface area contributed by atoms with Crippen molar-refractivity contribution in [3.63, 3.8) is 0 Å². The molecule has 0 bridgehead atoms. The molecule has 36 heavy (non-hydrogen) atoms. The Bertz CT molecular complexity index is 1500. The summed E-state index contributed by atoms with van der Waals surface area (Å²) >= 11 is 5.79. The lowest BCUT2D eigenvalue weighted by Crippen LogP contribution is -2.05. The van der Waals surface area contributed by atoms with Gasteiger partial charge in [-0.3, -0.25) is 4.68 Å². The zero-order valence-corrected chi connectivity index (χ0v) is 20.0. The van der Waals surface area contributed by atoms with Gasteiger partial charge in [0.25, 0.3) is 6.43 Å². The van der Waals surface area contributed by atoms with Gasteiger partial charge in [-0.15, -0.1) is 0 Å². The number of nitrogens with one attached hydrogen (secondary N) is 2. The van der Waals surface area contributed by atoms with Gasteiger partial charge in [0.15, 0.2) is 0 Å². The van der Waals surface area contributed by atoms with Crippen LogP contribution in [0.25, 0.3) is 11.0 Å². The van der Waals surface area contributed by atoms with Crippen LogP contribution in [0.4, 0.5) is 26.2 Å². The third kappa shape index (κ3) is 5.05. The van der Waals surface area contributed by atoms with Gasteiger partial charge < -0.3 is 19.9 Å². The molecule has 12 heteroatoms. The molecule has 2 N–H and O–H groups in total. The first kappa shape index (κ1) is 23.5. The van der Waals surface area contributed by atoms with Gasteiger partial charge in [0.2, 0.25) is 5.95 Å². The molecule has 0 amide bonds. The zero-order valence-electron chi connectivity index (χ0n) is 19.3. The van der Waals surface area contributed by atoms with Gasteiger partial charge in [0.1, 0.15) is 17.3 Å². The zero-order chi connectivity index (χ0) is 25.2. The number of ether oxygens (including phenoxy) is 1. The Labute approximate surface area is 209 Å². The van der Waals surface area contributed by atoms with Gasteiger partial charge in [-0.25, -0.2) is 23.7 Å². The Balaban J connectivity index is 1.25. The van der Waals surface area contributed by atoms with Crippen molar-refractivity contribution in [2.75, 3.05) is 10.6 Å². The molecular formula is C24H21ClF2N8O. The number of hydrogen-bond donors (Lipinski definition) is 2. The predicted molar refractivity (Wildman–Crippen MR) is 133 cm³/mol. The smallest absolute Gasteiger partial charge is 0.321 e. The number of alkyl halides is 2. The van der Waals surface area contributed by atoms with E-state index in [0.29, 0.717) is 29.1 Å². The molecule has 184 valence electrons. The van der Waals surface area contributed by atoms with Crippen LogP contribution in [0.2, 0.25) is 5.02 Å². The van der Waals surface area contributed by atoms with Gasteiger partial charge in [-0.1, -0.05) is 23.7 Å². The van der Waals surface area contributed by atoms with Crippen molar-refractivity contribution in [3.05, 3.63) is 77.2 Å². The summed E-state index contributed by atoms with van der Waals surface area (Å²) in [6.45, 7) is 0.547. The van der Waals surface area contributed by atoms with E-state index in [0.717, 1.165) is 22.3 Å². The number of aromatic nitrogens is 6. The molecule has 2 aromatic carbocycles. The first-order chi connectivity index (χ1) is 17.4. The van der Waals surface area contributed by atoms with Crippen molar-refractivity contribution in [1.29, 1.82) is 0 Å². The van der Waals surface area contributed by atoms with Gasteiger partial charge >= 0.3 is 6.01 Å².